The summed E-state index contributed by atoms with van der Waals surface area (Å²) in [5.41, 5.74) is 9.64. The third kappa shape index (κ3) is 3.98. The first kappa shape index (κ1) is 21.6. The van der Waals surface area contributed by atoms with E-state index in [9.17, 15) is 0 Å². The topological polar surface area (TPSA) is 12.0 Å². The highest BCUT2D eigenvalue weighted by atomic mass is 14.8. The minimum absolute atomic E-state index is 0.171. The van der Waals surface area contributed by atoms with Gasteiger partial charge in [-0.25, -0.2) is 0 Å². The summed E-state index contributed by atoms with van der Waals surface area (Å²) >= 11 is 0. The van der Waals surface area contributed by atoms with Gasteiger partial charge in [0.2, 0.25) is 0 Å². The van der Waals surface area contributed by atoms with Gasteiger partial charge in [0.1, 0.15) is 0 Å². The maximum absolute atomic E-state index is 4.69. The molecule has 0 bridgehead atoms. The highest BCUT2D eigenvalue weighted by Gasteiger charge is 2.49. The summed E-state index contributed by atoms with van der Waals surface area (Å²) in [6.07, 6.45) is 23.8. The van der Waals surface area contributed by atoms with E-state index in [1.807, 2.05) is 0 Å². The lowest BCUT2D eigenvalue weighted by molar-refractivity contribution is 0.258. The molecule has 4 rings (SSSR count). The van der Waals surface area contributed by atoms with Crippen molar-refractivity contribution in [3.8, 4) is 0 Å². The molecule has 0 aromatic rings. The fraction of sp³-hybridized carbons (Fsp3) is 0.586. The Morgan fingerprint density at radius 2 is 2.10 bits per heavy atom. The molecule has 0 saturated carbocycles. The fourth-order valence-corrected chi connectivity index (χ4v) is 6.44. The van der Waals surface area contributed by atoms with E-state index < -0.39 is 0 Å². The standard InChI is InChI=1S/C29H41N/c1-5-30-18-17-26-23(4)20-29(24-9-7-6-8-10-24,25-14-11-21(2)12-15-25)28-19-22(3)13-16-27(26)28/h9,11-12,14,17,22,25,30H,4-8,10,13,15-16,18-20H2,1-3H3/b26-17+. The molecule has 0 amide bonds. The Morgan fingerprint density at radius 3 is 2.80 bits per heavy atom. The lowest BCUT2D eigenvalue weighted by Gasteiger charge is -2.52. The predicted octanol–water partition coefficient (Wildman–Crippen LogP) is 7.61. The van der Waals surface area contributed by atoms with Crippen LogP contribution in [0.15, 0.2) is 70.4 Å². The molecule has 0 heterocycles. The Bertz CT molecular complexity index is 830. The van der Waals surface area contributed by atoms with E-state index in [0.29, 0.717) is 5.92 Å². The van der Waals surface area contributed by atoms with Crippen molar-refractivity contribution in [1.29, 1.82) is 0 Å². The normalized spacial score (nSPS) is 33.4. The number of nitrogens with one attached hydrogen (secondary N) is 1. The SMILES string of the molecule is C=C1CC(C2=CCCCC2)(C2C=CC(C)=CC2)C2=C(CCC(C)C2)/C1=C/CNCC. The van der Waals surface area contributed by atoms with Crippen LogP contribution in [0.1, 0.15) is 78.6 Å². The molecule has 1 N–H and O–H groups in total. The lowest BCUT2D eigenvalue weighted by atomic mass is 9.52. The van der Waals surface area contributed by atoms with Crippen LogP contribution in [0.4, 0.5) is 0 Å². The summed E-state index contributed by atoms with van der Waals surface area (Å²) in [6, 6.07) is 0. The van der Waals surface area contributed by atoms with E-state index in [1.165, 1.54) is 68.1 Å². The van der Waals surface area contributed by atoms with Crippen molar-refractivity contribution < 1.29 is 0 Å². The number of rotatable bonds is 5. The van der Waals surface area contributed by atoms with Gasteiger partial charge in [-0.15, -0.1) is 0 Å². The zero-order valence-electron chi connectivity index (χ0n) is 19.5. The molecular formula is C29H41N. The highest BCUT2D eigenvalue weighted by Crippen LogP contribution is 2.61. The summed E-state index contributed by atoms with van der Waals surface area (Å²) in [6.45, 7) is 13.6. The third-order valence-corrected chi connectivity index (χ3v) is 8.02. The second-order valence-electron chi connectivity index (χ2n) is 10.1. The highest BCUT2D eigenvalue weighted by molar-refractivity contribution is 5.58. The van der Waals surface area contributed by atoms with Crippen LogP contribution in [-0.2, 0) is 0 Å². The lowest BCUT2D eigenvalue weighted by Crippen LogP contribution is -2.41. The molecule has 0 saturated heterocycles. The van der Waals surface area contributed by atoms with E-state index in [1.54, 1.807) is 16.7 Å². The monoisotopic (exact) mass is 403 g/mol. The predicted molar refractivity (Wildman–Crippen MR) is 130 cm³/mol. The quantitative estimate of drug-likeness (QED) is 0.368. The smallest absolute Gasteiger partial charge is 0.0232 e. The number of hydrogen-bond donors (Lipinski definition) is 1. The van der Waals surface area contributed by atoms with Gasteiger partial charge < -0.3 is 5.32 Å². The van der Waals surface area contributed by atoms with Crippen molar-refractivity contribution in [2.75, 3.05) is 13.1 Å². The van der Waals surface area contributed by atoms with Crippen molar-refractivity contribution in [3.63, 3.8) is 0 Å². The van der Waals surface area contributed by atoms with Crippen LogP contribution < -0.4 is 5.32 Å². The number of allylic oxidation sites excluding steroid dienone is 10. The second kappa shape index (κ2) is 9.27. The van der Waals surface area contributed by atoms with E-state index >= 15 is 0 Å². The van der Waals surface area contributed by atoms with Gasteiger partial charge in [-0.3, -0.25) is 0 Å². The molecule has 30 heavy (non-hydrogen) atoms. The molecule has 0 fully saturated rings. The molecule has 1 heteroatoms. The van der Waals surface area contributed by atoms with E-state index in [4.69, 9.17) is 0 Å². The minimum atomic E-state index is 0.171. The zero-order valence-corrected chi connectivity index (χ0v) is 19.5. The van der Waals surface area contributed by atoms with Crippen LogP contribution in [-0.4, -0.2) is 13.1 Å². The van der Waals surface area contributed by atoms with Crippen molar-refractivity contribution in [2.45, 2.75) is 78.6 Å². The van der Waals surface area contributed by atoms with Gasteiger partial charge in [0.05, 0.1) is 0 Å². The number of likely N-dealkylation sites (N-methyl/N-ethyl adjacent to an activating group) is 1. The molecule has 0 radical (unpaired) electrons. The summed E-state index contributed by atoms with van der Waals surface area (Å²) in [7, 11) is 0. The van der Waals surface area contributed by atoms with E-state index in [2.05, 4.69) is 63.0 Å². The van der Waals surface area contributed by atoms with Gasteiger partial charge in [-0.05, 0) is 99.8 Å². The van der Waals surface area contributed by atoms with E-state index in [0.717, 1.165) is 25.4 Å². The summed E-state index contributed by atoms with van der Waals surface area (Å²) in [5, 5.41) is 3.50. The van der Waals surface area contributed by atoms with Gasteiger partial charge in [0.15, 0.2) is 0 Å². The molecular weight excluding hydrogens is 362 g/mol. The van der Waals surface area contributed by atoms with Gasteiger partial charge in [0.25, 0.3) is 0 Å². The fourth-order valence-electron chi connectivity index (χ4n) is 6.44. The average molecular weight is 404 g/mol. The molecule has 0 spiro atoms. The Labute approximate surface area is 184 Å². The average Bonchev–Trinajstić information content (AvgIpc) is 2.76. The molecule has 3 atom stereocenters. The van der Waals surface area contributed by atoms with Gasteiger partial charge in [-0.1, -0.05) is 67.5 Å². The Hall–Kier alpha value is -1.60. The first-order chi connectivity index (χ1) is 14.6. The molecule has 0 aliphatic heterocycles. The Balaban J connectivity index is 1.87. The molecule has 4 aliphatic rings. The van der Waals surface area contributed by atoms with E-state index in [-0.39, 0.29) is 5.41 Å². The number of hydrogen-bond acceptors (Lipinski definition) is 1. The molecule has 3 unspecified atom stereocenters. The van der Waals surface area contributed by atoms with Gasteiger partial charge in [0, 0.05) is 12.0 Å². The van der Waals surface area contributed by atoms with Gasteiger partial charge in [-0.2, -0.15) is 0 Å². The molecule has 4 aliphatic carbocycles. The van der Waals surface area contributed by atoms with Crippen LogP contribution in [0, 0.1) is 17.3 Å². The van der Waals surface area contributed by atoms with Gasteiger partial charge >= 0.3 is 0 Å². The Kier molecular flexibility index (Phi) is 6.68. The van der Waals surface area contributed by atoms with Crippen LogP contribution in [0.25, 0.3) is 0 Å². The van der Waals surface area contributed by atoms with Crippen molar-refractivity contribution in [1.82, 2.24) is 5.32 Å². The molecule has 0 aromatic carbocycles. The maximum atomic E-state index is 4.69. The third-order valence-electron chi connectivity index (χ3n) is 8.02. The van der Waals surface area contributed by atoms with Crippen molar-refractivity contribution >= 4 is 0 Å². The first-order valence-corrected chi connectivity index (χ1v) is 12.4. The van der Waals surface area contributed by atoms with Crippen molar-refractivity contribution in [2.24, 2.45) is 17.3 Å². The summed E-state index contributed by atoms with van der Waals surface area (Å²) < 4.78 is 0. The molecule has 162 valence electrons. The Morgan fingerprint density at radius 1 is 1.23 bits per heavy atom. The van der Waals surface area contributed by atoms with Crippen molar-refractivity contribution in [3.05, 3.63) is 70.4 Å². The summed E-state index contributed by atoms with van der Waals surface area (Å²) in [4.78, 5) is 0. The van der Waals surface area contributed by atoms with Crippen LogP contribution in [0.2, 0.25) is 0 Å². The van der Waals surface area contributed by atoms with Crippen LogP contribution in [0.3, 0.4) is 0 Å². The molecule has 1 nitrogen and oxygen atoms in total. The largest absolute Gasteiger partial charge is 0.314 e. The zero-order chi connectivity index (χ0) is 21.1. The first-order valence-electron chi connectivity index (χ1n) is 12.4. The minimum Gasteiger partial charge on any atom is -0.314 e. The second-order valence-corrected chi connectivity index (χ2v) is 10.1. The maximum Gasteiger partial charge on any atom is 0.0232 e. The van der Waals surface area contributed by atoms with Crippen LogP contribution >= 0.6 is 0 Å². The summed E-state index contributed by atoms with van der Waals surface area (Å²) in [5.74, 6) is 1.37. The van der Waals surface area contributed by atoms with Crippen LogP contribution in [0.5, 0.6) is 0 Å². The molecule has 0 aromatic heterocycles.